The molecular formula is C15H23FN2. The average Bonchev–Trinajstić information content (AvgIpc) is 2.35. The highest BCUT2D eigenvalue weighted by molar-refractivity contribution is 5.25. The van der Waals surface area contributed by atoms with Crippen LogP contribution in [0.25, 0.3) is 0 Å². The standard InChI is InChI=1S/C15H23FN2/c1-10-4-5-13(8-14(10)16)12(3)18-7-6-11(2)15(17)9-18/h4-5,8,11-12,15H,6-7,9,17H2,1-3H3. The van der Waals surface area contributed by atoms with E-state index in [0.29, 0.717) is 11.5 Å². The van der Waals surface area contributed by atoms with Crippen molar-refractivity contribution in [2.75, 3.05) is 13.1 Å². The molecule has 2 nitrogen and oxygen atoms in total. The smallest absolute Gasteiger partial charge is 0.126 e. The number of hydrogen-bond donors (Lipinski definition) is 1. The van der Waals surface area contributed by atoms with Crippen molar-refractivity contribution in [3.63, 3.8) is 0 Å². The first-order valence-corrected chi connectivity index (χ1v) is 6.74. The number of hydrogen-bond acceptors (Lipinski definition) is 2. The quantitative estimate of drug-likeness (QED) is 0.874. The summed E-state index contributed by atoms with van der Waals surface area (Å²) in [5, 5.41) is 0. The summed E-state index contributed by atoms with van der Waals surface area (Å²) in [6.45, 7) is 8.08. The Kier molecular flexibility index (Phi) is 4.03. The summed E-state index contributed by atoms with van der Waals surface area (Å²) < 4.78 is 13.6. The minimum absolute atomic E-state index is 0.117. The molecule has 0 aliphatic carbocycles. The van der Waals surface area contributed by atoms with Gasteiger partial charge in [-0.25, -0.2) is 4.39 Å². The molecule has 3 unspecified atom stereocenters. The van der Waals surface area contributed by atoms with Gasteiger partial charge in [0.1, 0.15) is 5.82 Å². The van der Waals surface area contributed by atoms with Gasteiger partial charge in [0.05, 0.1) is 0 Å². The van der Waals surface area contributed by atoms with Crippen LogP contribution < -0.4 is 5.73 Å². The molecule has 2 N–H and O–H groups in total. The predicted molar refractivity (Wildman–Crippen MR) is 72.9 cm³/mol. The van der Waals surface area contributed by atoms with Crippen molar-refractivity contribution in [3.05, 3.63) is 35.1 Å². The average molecular weight is 250 g/mol. The lowest BCUT2D eigenvalue weighted by atomic mass is 9.92. The maximum Gasteiger partial charge on any atom is 0.126 e. The molecule has 1 aromatic rings. The molecule has 100 valence electrons. The van der Waals surface area contributed by atoms with E-state index in [1.807, 2.05) is 12.1 Å². The van der Waals surface area contributed by atoms with Crippen LogP contribution in [0.1, 0.15) is 37.4 Å². The van der Waals surface area contributed by atoms with Crippen molar-refractivity contribution >= 4 is 0 Å². The zero-order chi connectivity index (χ0) is 13.3. The second kappa shape index (κ2) is 5.37. The van der Waals surface area contributed by atoms with E-state index in [0.717, 1.165) is 25.1 Å². The van der Waals surface area contributed by atoms with Gasteiger partial charge in [0, 0.05) is 18.6 Å². The van der Waals surface area contributed by atoms with Gasteiger partial charge in [-0.1, -0.05) is 19.1 Å². The molecule has 1 fully saturated rings. The summed E-state index contributed by atoms with van der Waals surface area (Å²) in [7, 11) is 0. The van der Waals surface area contributed by atoms with E-state index in [2.05, 4.69) is 18.7 Å². The van der Waals surface area contributed by atoms with E-state index >= 15 is 0 Å². The van der Waals surface area contributed by atoms with Gasteiger partial charge in [-0.05, 0) is 49.9 Å². The first-order chi connectivity index (χ1) is 8.49. The van der Waals surface area contributed by atoms with Gasteiger partial charge < -0.3 is 5.73 Å². The summed E-state index contributed by atoms with van der Waals surface area (Å²) in [6.07, 6.45) is 1.12. The minimum atomic E-state index is -0.117. The Bertz CT molecular complexity index is 419. The highest BCUT2D eigenvalue weighted by Crippen LogP contribution is 2.26. The van der Waals surface area contributed by atoms with Crippen molar-refractivity contribution in [2.45, 2.75) is 39.3 Å². The Labute approximate surface area is 109 Å². The lowest BCUT2D eigenvalue weighted by molar-refractivity contribution is 0.128. The number of halogens is 1. The largest absolute Gasteiger partial charge is 0.326 e. The zero-order valence-electron chi connectivity index (χ0n) is 11.5. The number of benzene rings is 1. The van der Waals surface area contributed by atoms with Crippen LogP contribution in [-0.2, 0) is 0 Å². The van der Waals surface area contributed by atoms with E-state index in [1.165, 1.54) is 0 Å². The van der Waals surface area contributed by atoms with E-state index in [-0.39, 0.29) is 17.9 Å². The monoisotopic (exact) mass is 250 g/mol. The van der Waals surface area contributed by atoms with Crippen LogP contribution in [0.5, 0.6) is 0 Å². The molecule has 0 amide bonds. The Morgan fingerprint density at radius 2 is 2.17 bits per heavy atom. The molecule has 0 spiro atoms. The highest BCUT2D eigenvalue weighted by Gasteiger charge is 2.26. The summed E-state index contributed by atoms with van der Waals surface area (Å²) in [6, 6.07) is 6.00. The predicted octanol–water partition coefficient (Wildman–Crippen LogP) is 2.86. The molecule has 2 rings (SSSR count). The summed E-state index contributed by atoms with van der Waals surface area (Å²) in [4.78, 5) is 2.36. The van der Waals surface area contributed by atoms with Crippen LogP contribution in [-0.4, -0.2) is 24.0 Å². The fourth-order valence-electron chi connectivity index (χ4n) is 2.56. The molecule has 1 aromatic carbocycles. The SMILES string of the molecule is Cc1ccc(C(C)N2CCC(C)C(N)C2)cc1F. The third kappa shape index (κ3) is 2.73. The summed E-state index contributed by atoms with van der Waals surface area (Å²) >= 11 is 0. The van der Waals surface area contributed by atoms with Crippen LogP contribution in [0.4, 0.5) is 4.39 Å². The topological polar surface area (TPSA) is 29.3 Å². The molecule has 0 bridgehead atoms. The van der Waals surface area contributed by atoms with Gasteiger partial charge in [-0.3, -0.25) is 4.90 Å². The molecule has 0 saturated carbocycles. The van der Waals surface area contributed by atoms with Crippen molar-refractivity contribution in [1.29, 1.82) is 0 Å². The molecule has 0 radical (unpaired) electrons. The molecule has 18 heavy (non-hydrogen) atoms. The molecule has 1 heterocycles. The molecule has 0 aromatic heterocycles. The number of likely N-dealkylation sites (tertiary alicyclic amines) is 1. The van der Waals surface area contributed by atoms with Gasteiger partial charge >= 0.3 is 0 Å². The number of piperidine rings is 1. The Hall–Kier alpha value is -0.930. The van der Waals surface area contributed by atoms with Crippen molar-refractivity contribution < 1.29 is 4.39 Å². The second-order valence-corrected chi connectivity index (χ2v) is 5.61. The fraction of sp³-hybridized carbons (Fsp3) is 0.600. The maximum absolute atomic E-state index is 13.6. The third-order valence-electron chi connectivity index (χ3n) is 4.27. The molecule has 1 saturated heterocycles. The van der Waals surface area contributed by atoms with Crippen LogP contribution in [0.15, 0.2) is 18.2 Å². The van der Waals surface area contributed by atoms with E-state index < -0.39 is 0 Å². The van der Waals surface area contributed by atoms with Gasteiger partial charge in [-0.15, -0.1) is 0 Å². The zero-order valence-corrected chi connectivity index (χ0v) is 11.5. The third-order valence-corrected chi connectivity index (χ3v) is 4.27. The Morgan fingerprint density at radius 1 is 1.44 bits per heavy atom. The lowest BCUT2D eigenvalue weighted by Crippen LogP contribution is -2.48. The number of rotatable bonds is 2. The van der Waals surface area contributed by atoms with Crippen molar-refractivity contribution in [3.8, 4) is 0 Å². The molecule has 1 aliphatic rings. The van der Waals surface area contributed by atoms with Crippen LogP contribution >= 0.6 is 0 Å². The van der Waals surface area contributed by atoms with E-state index in [4.69, 9.17) is 5.73 Å². The molecule has 1 aliphatic heterocycles. The second-order valence-electron chi connectivity index (χ2n) is 5.61. The van der Waals surface area contributed by atoms with Crippen LogP contribution in [0, 0.1) is 18.7 Å². The fourth-order valence-corrected chi connectivity index (χ4v) is 2.56. The number of aryl methyl sites for hydroxylation is 1. The first-order valence-electron chi connectivity index (χ1n) is 6.74. The van der Waals surface area contributed by atoms with E-state index in [1.54, 1.807) is 13.0 Å². The van der Waals surface area contributed by atoms with Crippen molar-refractivity contribution in [2.24, 2.45) is 11.7 Å². The summed E-state index contributed by atoms with van der Waals surface area (Å²) in [5.41, 5.74) is 7.87. The molecule has 3 atom stereocenters. The molecule has 3 heteroatoms. The van der Waals surface area contributed by atoms with Gasteiger partial charge in [0.15, 0.2) is 0 Å². The Balaban J connectivity index is 2.11. The molecular weight excluding hydrogens is 227 g/mol. The van der Waals surface area contributed by atoms with E-state index in [9.17, 15) is 4.39 Å². The van der Waals surface area contributed by atoms with Gasteiger partial charge in [0.25, 0.3) is 0 Å². The normalized spacial score (nSPS) is 27.2. The minimum Gasteiger partial charge on any atom is -0.326 e. The van der Waals surface area contributed by atoms with Crippen LogP contribution in [0.2, 0.25) is 0 Å². The highest BCUT2D eigenvalue weighted by atomic mass is 19.1. The number of nitrogens with two attached hydrogens (primary N) is 1. The maximum atomic E-state index is 13.6. The first kappa shape index (κ1) is 13.5. The lowest BCUT2D eigenvalue weighted by Gasteiger charge is -2.38. The number of nitrogens with zero attached hydrogens (tertiary/aromatic N) is 1. The Morgan fingerprint density at radius 3 is 2.78 bits per heavy atom. The van der Waals surface area contributed by atoms with Gasteiger partial charge in [0.2, 0.25) is 0 Å². The summed E-state index contributed by atoms with van der Waals surface area (Å²) in [5.74, 6) is 0.470. The van der Waals surface area contributed by atoms with Crippen LogP contribution in [0.3, 0.4) is 0 Å². The van der Waals surface area contributed by atoms with Gasteiger partial charge in [-0.2, -0.15) is 0 Å². The van der Waals surface area contributed by atoms with Crippen molar-refractivity contribution in [1.82, 2.24) is 4.90 Å².